The number of hydrogen-bond donors (Lipinski definition) is 0. The third-order valence-electron chi connectivity index (χ3n) is 3.58. The normalized spacial score (nSPS) is 19.1. The van der Waals surface area contributed by atoms with Gasteiger partial charge in [0.05, 0.1) is 23.5 Å². The standard InChI is InChI=1S/C13H12N2O3/c16-11(9-5-14-17-12(9)7-1-2-7)10-6-15-18-13(10)8-3-4-8/h5-8H,1-4H2. The molecule has 2 heterocycles. The summed E-state index contributed by atoms with van der Waals surface area (Å²) >= 11 is 0. The molecule has 5 heteroatoms. The van der Waals surface area contributed by atoms with Gasteiger partial charge >= 0.3 is 0 Å². The van der Waals surface area contributed by atoms with Crippen LogP contribution >= 0.6 is 0 Å². The molecule has 2 aliphatic rings. The molecule has 0 N–H and O–H groups in total. The lowest BCUT2D eigenvalue weighted by atomic mass is 10.0. The van der Waals surface area contributed by atoms with E-state index in [1.807, 2.05) is 0 Å². The van der Waals surface area contributed by atoms with Crippen LogP contribution in [-0.2, 0) is 0 Å². The maximum absolute atomic E-state index is 12.5. The lowest BCUT2D eigenvalue weighted by Crippen LogP contribution is -2.04. The molecule has 0 aromatic carbocycles. The molecule has 2 fully saturated rings. The molecular formula is C13H12N2O3. The Morgan fingerprint density at radius 3 is 1.78 bits per heavy atom. The lowest BCUT2D eigenvalue weighted by Gasteiger charge is -1.98. The Bertz CT molecular complexity index is 553. The number of nitrogens with zero attached hydrogens (tertiary/aromatic N) is 2. The summed E-state index contributed by atoms with van der Waals surface area (Å²) in [4.78, 5) is 12.5. The molecule has 0 spiro atoms. The highest BCUT2D eigenvalue weighted by Gasteiger charge is 2.36. The molecule has 0 unspecified atom stereocenters. The van der Waals surface area contributed by atoms with Gasteiger partial charge in [0.2, 0.25) is 5.78 Å². The Labute approximate surface area is 103 Å². The maximum Gasteiger partial charge on any atom is 0.203 e. The molecular weight excluding hydrogens is 232 g/mol. The first-order valence-electron chi connectivity index (χ1n) is 6.28. The predicted molar refractivity (Wildman–Crippen MR) is 60.4 cm³/mol. The molecule has 0 saturated heterocycles. The molecule has 0 radical (unpaired) electrons. The van der Waals surface area contributed by atoms with Crippen molar-refractivity contribution >= 4 is 5.78 Å². The van der Waals surface area contributed by atoms with Crippen LogP contribution in [0.3, 0.4) is 0 Å². The van der Waals surface area contributed by atoms with Gasteiger partial charge < -0.3 is 9.05 Å². The van der Waals surface area contributed by atoms with Crippen molar-refractivity contribution in [3.8, 4) is 0 Å². The topological polar surface area (TPSA) is 69.1 Å². The number of rotatable bonds is 4. The molecule has 0 atom stereocenters. The van der Waals surface area contributed by atoms with Gasteiger partial charge in [-0.25, -0.2) is 0 Å². The van der Waals surface area contributed by atoms with Crippen LogP contribution in [0.5, 0.6) is 0 Å². The number of ketones is 1. The van der Waals surface area contributed by atoms with Crippen molar-refractivity contribution in [1.29, 1.82) is 0 Å². The second-order valence-electron chi connectivity index (χ2n) is 5.09. The van der Waals surface area contributed by atoms with Crippen LogP contribution in [0.2, 0.25) is 0 Å². The molecule has 0 bridgehead atoms. The Morgan fingerprint density at radius 2 is 1.39 bits per heavy atom. The fraction of sp³-hybridized carbons (Fsp3) is 0.462. The minimum atomic E-state index is -0.0682. The predicted octanol–water partition coefficient (Wildman–Crippen LogP) is 2.65. The number of carbonyl (C=O) groups excluding carboxylic acids is 1. The number of carbonyl (C=O) groups is 1. The quantitative estimate of drug-likeness (QED) is 0.773. The van der Waals surface area contributed by atoms with Crippen molar-refractivity contribution in [3.05, 3.63) is 35.0 Å². The van der Waals surface area contributed by atoms with Gasteiger partial charge in [-0.1, -0.05) is 10.3 Å². The summed E-state index contributed by atoms with van der Waals surface area (Å²) in [5, 5.41) is 7.52. The van der Waals surface area contributed by atoms with Crippen molar-refractivity contribution in [2.45, 2.75) is 37.5 Å². The van der Waals surface area contributed by atoms with Gasteiger partial charge in [0.15, 0.2) is 11.5 Å². The smallest absolute Gasteiger partial charge is 0.203 e. The summed E-state index contributed by atoms with van der Waals surface area (Å²) < 4.78 is 10.4. The Morgan fingerprint density at radius 1 is 0.944 bits per heavy atom. The van der Waals surface area contributed by atoms with Crippen LogP contribution in [0.4, 0.5) is 0 Å². The minimum absolute atomic E-state index is 0.0682. The molecule has 4 rings (SSSR count). The van der Waals surface area contributed by atoms with Crippen molar-refractivity contribution in [2.75, 3.05) is 0 Å². The second-order valence-corrected chi connectivity index (χ2v) is 5.09. The van der Waals surface area contributed by atoms with E-state index >= 15 is 0 Å². The van der Waals surface area contributed by atoms with Gasteiger partial charge in [-0.3, -0.25) is 4.79 Å². The van der Waals surface area contributed by atoms with E-state index in [-0.39, 0.29) is 5.78 Å². The monoisotopic (exact) mass is 244 g/mol. The Kier molecular flexibility index (Phi) is 1.98. The van der Waals surface area contributed by atoms with Crippen LogP contribution in [0.15, 0.2) is 21.4 Å². The van der Waals surface area contributed by atoms with Crippen molar-refractivity contribution in [1.82, 2.24) is 10.3 Å². The molecule has 2 aromatic heterocycles. The fourth-order valence-electron chi connectivity index (χ4n) is 2.26. The van der Waals surface area contributed by atoms with Crippen molar-refractivity contribution < 1.29 is 13.8 Å². The summed E-state index contributed by atoms with van der Waals surface area (Å²) in [5.41, 5.74) is 1.14. The lowest BCUT2D eigenvalue weighted by molar-refractivity contribution is 0.103. The van der Waals surface area contributed by atoms with Gasteiger partial charge in [-0.15, -0.1) is 0 Å². The average molecular weight is 244 g/mol. The average Bonchev–Trinajstić information content (AvgIpc) is 3.32. The molecule has 5 nitrogen and oxygen atoms in total. The van der Waals surface area contributed by atoms with Crippen LogP contribution in [0.25, 0.3) is 0 Å². The first kappa shape index (κ1) is 10.1. The molecule has 92 valence electrons. The summed E-state index contributed by atoms with van der Waals surface area (Å²) in [7, 11) is 0. The molecule has 0 aliphatic heterocycles. The zero-order chi connectivity index (χ0) is 12.1. The fourth-order valence-corrected chi connectivity index (χ4v) is 2.26. The highest BCUT2D eigenvalue weighted by molar-refractivity contribution is 6.10. The molecule has 2 aliphatic carbocycles. The van der Waals surface area contributed by atoms with E-state index in [0.29, 0.717) is 23.0 Å². The third-order valence-corrected chi connectivity index (χ3v) is 3.58. The van der Waals surface area contributed by atoms with E-state index in [0.717, 1.165) is 37.2 Å². The summed E-state index contributed by atoms with van der Waals surface area (Å²) in [6, 6.07) is 0. The largest absolute Gasteiger partial charge is 0.360 e. The molecule has 2 aromatic rings. The number of hydrogen-bond acceptors (Lipinski definition) is 5. The summed E-state index contributed by atoms with van der Waals surface area (Å²) in [5.74, 6) is 2.12. The van der Waals surface area contributed by atoms with Crippen LogP contribution < -0.4 is 0 Å². The highest BCUT2D eigenvalue weighted by Crippen LogP contribution is 2.44. The van der Waals surface area contributed by atoms with Crippen molar-refractivity contribution in [3.63, 3.8) is 0 Å². The van der Waals surface area contributed by atoms with Crippen LogP contribution in [0, 0.1) is 0 Å². The number of aromatic nitrogens is 2. The zero-order valence-electron chi connectivity index (χ0n) is 9.76. The van der Waals surface area contributed by atoms with Gasteiger partial charge in [0, 0.05) is 11.8 Å². The summed E-state index contributed by atoms with van der Waals surface area (Å²) in [6.45, 7) is 0. The van der Waals surface area contributed by atoms with E-state index < -0.39 is 0 Å². The molecule has 0 amide bonds. The summed E-state index contributed by atoms with van der Waals surface area (Å²) in [6.07, 6.45) is 7.34. The van der Waals surface area contributed by atoms with Gasteiger partial charge in [-0.05, 0) is 25.7 Å². The SMILES string of the molecule is O=C(c1cnoc1C1CC1)c1cnoc1C1CC1. The second kappa shape index (κ2) is 3.54. The third kappa shape index (κ3) is 1.50. The van der Waals surface area contributed by atoms with E-state index in [4.69, 9.17) is 9.05 Å². The first-order chi connectivity index (χ1) is 8.84. The van der Waals surface area contributed by atoms with E-state index in [1.54, 1.807) is 0 Å². The maximum atomic E-state index is 12.5. The Hall–Kier alpha value is -1.91. The molecule has 18 heavy (non-hydrogen) atoms. The van der Waals surface area contributed by atoms with Gasteiger partial charge in [0.1, 0.15) is 0 Å². The van der Waals surface area contributed by atoms with E-state index in [1.165, 1.54) is 12.4 Å². The molecule has 2 saturated carbocycles. The van der Waals surface area contributed by atoms with Crippen LogP contribution in [0.1, 0.15) is 65.0 Å². The Balaban J connectivity index is 1.72. The zero-order valence-corrected chi connectivity index (χ0v) is 9.76. The van der Waals surface area contributed by atoms with Gasteiger partial charge in [-0.2, -0.15) is 0 Å². The first-order valence-corrected chi connectivity index (χ1v) is 6.28. The van der Waals surface area contributed by atoms with E-state index in [2.05, 4.69) is 10.3 Å². The van der Waals surface area contributed by atoms with Crippen LogP contribution in [-0.4, -0.2) is 16.1 Å². The van der Waals surface area contributed by atoms with Gasteiger partial charge in [0.25, 0.3) is 0 Å². The van der Waals surface area contributed by atoms with Crippen molar-refractivity contribution in [2.24, 2.45) is 0 Å². The highest BCUT2D eigenvalue weighted by atomic mass is 16.5. The minimum Gasteiger partial charge on any atom is -0.360 e. The van der Waals surface area contributed by atoms with E-state index in [9.17, 15) is 4.79 Å².